The molecule has 3 aromatic rings. The second kappa shape index (κ2) is 8.17. The number of ether oxygens (including phenoxy) is 1. The van der Waals surface area contributed by atoms with Gasteiger partial charge in [-0.3, -0.25) is 14.5 Å². The first-order valence-electron chi connectivity index (χ1n) is 9.49. The van der Waals surface area contributed by atoms with E-state index in [2.05, 4.69) is 0 Å². The molecule has 1 aliphatic rings. The van der Waals surface area contributed by atoms with E-state index in [0.29, 0.717) is 16.7 Å². The third-order valence-electron chi connectivity index (χ3n) is 5.05. The van der Waals surface area contributed by atoms with Crippen LogP contribution in [0.4, 0.5) is 0 Å². The summed E-state index contributed by atoms with van der Waals surface area (Å²) in [5.74, 6) is -1.43. The molecule has 0 radical (unpaired) electrons. The molecular formula is C25H19NO4. The largest absolute Gasteiger partial charge is 0.466 e. The molecular weight excluding hydrogens is 378 g/mol. The van der Waals surface area contributed by atoms with E-state index in [9.17, 15) is 14.4 Å². The smallest absolute Gasteiger partial charge is 0.336 e. The highest BCUT2D eigenvalue weighted by Crippen LogP contribution is 2.30. The molecule has 0 spiro atoms. The number of carbonyl (C=O) groups is 3. The van der Waals surface area contributed by atoms with Crippen LogP contribution in [0.2, 0.25) is 0 Å². The fourth-order valence-corrected chi connectivity index (χ4v) is 3.63. The van der Waals surface area contributed by atoms with E-state index in [0.717, 1.165) is 16.0 Å². The molecule has 5 nitrogen and oxygen atoms in total. The van der Waals surface area contributed by atoms with Gasteiger partial charge in [0, 0.05) is 5.57 Å². The Hall–Kier alpha value is -3.99. The molecule has 4 rings (SSSR count). The highest BCUT2D eigenvalue weighted by atomic mass is 16.5. The van der Waals surface area contributed by atoms with Crippen LogP contribution in [0.3, 0.4) is 0 Å². The van der Waals surface area contributed by atoms with Crippen LogP contribution < -0.4 is 0 Å². The summed E-state index contributed by atoms with van der Waals surface area (Å²) in [7, 11) is 1.29. The van der Waals surface area contributed by atoms with Crippen molar-refractivity contribution in [2.45, 2.75) is 0 Å². The Balaban J connectivity index is 1.87. The topological polar surface area (TPSA) is 63.7 Å². The first kappa shape index (κ1) is 19.3. The van der Waals surface area contributed by atoms with Gasteiger partial charge in [-0.15, -0.1) is 0 Å². The van der Waals surface area contributed by atoms with Crippen molar-refractivity contribution < 1.29 is 19.1 Å². The number of rotatable bonds is 5. The molecule has 0 aromatic heterocycles. The third kappa shape index (κ3) is 3.42. The summed E-state index contributed by atoms with van der Waals surface area (Å²) in [4.78, 5) is 39.7. The van der Waals surface area contributed by atoms with E-state index in [1.54, 1.807) is 24.3 Å². The fourth-order valence-electron chi connectivity index (χ4n) is 3.63. The van der Waals surface area contributed by atoms with Crippen LogP contribution in [0.1, 0.15) is 31.8 Å². The zero-order valence-corrected chi connectivity index (χ0v) is 16.4. The second-order valence-corrected chi connectivity index (χ2v) is 6.82. The number of methoxy groups -OCH3 is 1. The Bertz CT molecular complexity index is 1070. The van der Waals surface area contributed by atoms with Crippen molar-refractivity contribution in [2.75, 3.05) is 13.7 Å². The van der Waals surface area contributed by atoms with E-state index < -0.39 is 17.8 Å². The maximum Gasteiger partial charge on any atom is 0.336 e. The fraction of sp³-hybridized carbons (Fsp3) is 0.0800. The SMILES string of the molecule is COC(=O)C(CN1C(=O)c2ccccc2C1=O)=C(c1ccccc1)c1ccccc1. The molecule has 0 fully saturated rings. The minimum atomic E-state index is -0.589. The van der Waals surface area contributed by atoms with E-state index in [1.807, 2.05) is 60.7 Å². The summed E-state index contributed by atoms with van der Waals surface area (Å²) >= 11 is 0. The van der Waals surface area contributed by atoms with Gasteiger partial charge in [0.05, 0.1) is 30.4 Å². The monoisotopic (exact) mass is 397 g/mol. The van der Waals surface area contributed by atoms with Gasteiger partial charge < -0.3 is 4.74 Å². The predicted molar refractivity (Wildman–Crippen MR) is 113 cm³/mol. The van der Waals surface area contributed by atoms with Crippen molar-refractivity contribution in [3.05, 3.63) is 113 Å². The number of nitrogens with zero attached hydrogens (tertiary/aromatic N) is 1. The first-order valence-corrected chi connectivity index (χ1v) is 9.49. The van der Waals surface area contributed by atoms with Crippen LogP contribution in [-0.4, -0.2) is 36.3 Å². The van der Waals surface area contributed by atoms with Gasteiger partial charge in [-0.25, -0.2) is 4.79 Å². The Morgan fingerprint density at radius 2 is 1.17 bits per heavy atom. The second-order valence-electron chi connectivity index (χ2n) is 6.82. The molecule has 1 heterocycles. The van der Waals surface area contributed by atoms with Crippen molar-refractivity contribution in [3.8, 4) is 0 Å². The van der Waals surface area contributed by atoms with Crippen molar-refractivity contribution in [3.63, 3.8) is 0 Å². The average molecular weight is 397 g/mol. The average Bonchev–Trinajstić information content (AvgIpc) is 3.04. The zero-order valence-electron chi connectivity index (χ0n) is 16.4. The number of imide groups is 1. The highest BCUT2D eigenvalue weighted by Gasteiger charge is 2.37. The number of esters is 1. The predicted octanol–water partition coefficient (Wildman–Crippen LogP) is 3.96. The van der Waals surface area contributed by atoms with Crippen molar-refractivity contribution in [2.24, 2.45) is 0 Å². The summed E-state index contributed by atoms with van der Waals surface area (Å²) in [5.41, 5.74) is 3.13. The Kier molecular flexibility index (Phi) is 5.26. The normalized spacial score (nSPS) is 12.5. The van der Waals surface area contributed by atoms with E-state index in [4.69, 9.17) is 4.74 Å². The summed E-state index contributed by atoms with van der Waals surface area (Å²) in [6.07, 6.45) is 0. The van der Waals surface area contributed by atoms with Gasteiger partial charge in [-0.05, 0) is 23.3 Å². The molecule has 0 saturated heterocycles. The van der Waals surface area contributed by atoms with Gasteiger partial charge in [0.15, 0.2) is 0 Å². The number of carbonyl (C=O) groups excluding carboxylic acids is 3. The molecule has 1 aliphatic heterocycles. The Morgan fingerprint density at radius 3 is 1.60 bits per heavy atom. The van der Waals surface area contributed by atoms with Crippen LogP contribution in [0.25, 0.3) is 5.57 Å². The number of hydrogen-bond acceptors (Lipinski definition) is 4. The molecule has 0 atom stereocenters. The van der Waals surface area contributed by atoms with Crippen molar-refractivity contribution >= 4 is 23.4 Å². The zero-order chi connectivity index (χ0) is 21.1. The number of hydrogen-bond donors (Lipinski definition) is 0. The lowest BCUT2D eigenvalue weighted by molar-refractivity contribution is -0.136. The van der Waals surface area contributed by atoms with Crippen molar-refractivity contribution in [1.82, 2.24) is 4.90 Å². The lowest BCUT2D eigenvalue weighted by Crippen LogP contribution is -2.34. The van der Waals surface area contributed by atoms with Gasteiger partial charge >= 0.3 is 5.97 Å². The molecule has 0 N–H and O–H groups in total. The number of benzene rings is 3. The summed E-state index contributed by atoms with van der Waals surface area (Å²) in [6, 6.07) is 25.4. The van der Waals surface area contributed by atoms with E-state index in [-0.39, 0.29) is 12.1 Å². The lowest BCUT2D eigenvalue weighted by atomic mass is 9.92. The Morgan fingerprint density at radius 1 is 0.733 bits per heavy atom. The standard InChI is InChI=1S/C25H19NO4/c1-30-25(29)21(16-26-23(27)19-14-8-9-15-20(19)24(26)28)22(17-10-4-2-5-11-17)18-12-6-3-7-13-18/h2-15H,16H2,1H3. The minimum Gasteiger partial charge on any atom is -0.466 e. The molecule has 0 aliphatic carbocycles. The first-order chi connectivity index (χ1) is 14.6. The van der Waals surface area contributed by atoms with E-state index in [1.165, 1.54) is 7.11 Å². The lowest BCUT2D eigenvalue weighted by Gasteiger charge is -2.20. The van der Waals surface area contributed by atoms with E-state index >= 15 is 0 Å². The summed E-state index contributed by atoms with van der Waals surface area (Å²) < 4.78 is 5.05. The molecule has 5 heteroatoms. The Labute approximate surface area is 174 Å². The van der Waals surface area contributed by atoms with Gasteiger partial charge in [-0.1, -0.05) is 72.8 Å². The van der Waals surface area contributed by atoms with Crippen LogP contribution in [0, 0.1) is 0 Å². The molecule has 2 amide bonds. The van der Waals surface area contributed by atoms with Gasteiger partial charge in [0.1, 0.15) is 0 Å². The van der Waals surface area contributed by atoms with Gasteiger partial charge in [0.25, 0.3) is 11.8 Å². The van der Waals surface area contributed by atoms with Crippen LogP contribution in [-0.2, 0) is 9.53 Å². The maximum atomic E-state index is 12.9. The molecule has 0 saturated carbocycles. The van der Waals surface area contributed by atoms with Gasteiger partial charge in [0.2, 0.25) is 0 Å². The summed E-state index contributed by atoms with van der Waals surface area (Å²) in [5, 5.41) is 0. The maximum absolute atomic E-state index is 12.9. The number of fused-ring (bicyclic) bond motifs is 1. The molecule has 0 unspecified atom stereocenters. The molecule has 0 bridgehead atoms. The van der Waals surface area contributed by atoms with Crippen LogP contribution in [0.5, 0.6) is 0 Å². The molecule has 3 aromatic carbocycles. The molecule has 148 valence electrons. The third-order valence-corrected chi connectivity index (χ3v) is 5.05. The molecule has 30 heavy (non-hydrogen) atoms. The minimum absolute atomic E-state index is 0.182. The van der Waals surface area contributed by atoms with Crippen molar-refractivity contribution in [1.29, 1.82) is 0 Å². The summed E-state index contributed by atoms with van der Waals surface area (Å²) in [6.45, 7) is -0.182. The van der Waals surface area contributed by atoms with Crippen LogP contribution >= 0.6 is 0 Å². The van der Waals surface area contributed by atoms with Crippen LogP contribution in [0.15, 0.2) is 90.5 Å². The highest BCUT2D eigenvalue weighted by molar-refractivity contribution is 6.22. The quantitative estimate of drug-likeness (QED) is 0.371. The van der Waals surface area contributed by atoms with Gasteiger partial charge in [-0.2, -0.15) is 0 Å². The number of amides is 2.